The summed E-state index contributed by atoms with van der Waals surface area (Å²) < 4.78 is 24.9. The van der Waals surface area contributed by atoms with Crippen LogP contribution in [0.5, 0.6) is 5.88 Å². The molecule has 170 valence electrons. The first-order valence-electron chi connectivity index (χ1n) is 10.7. The molecule has 0 radical (unpaired) electrons. The lowest BCUT2D eigenvalue weighted by Gasteiger charge is -2.20. The second-order valence-corrected chi connectivity index (χ2v) is 7.47. The fourth-order valence-corrected chi connectivity index (χ4v) is 3.45. The molecule has 5 nitrogen and oxygen atoms in total. The normalized spacial score (nSPS) is 11.4. The van der Waals surface area contributed by atoms with Crippen LogP contribution >= 0.6 is 0 Å². The molecule has 4 rings (SSSR count). The summed E-state index contributed by atoms with van der Waals surface area (Å²) in [5, 5.41) is 0. The zero-order valence-electron chi connectivity index (χ0n) is 18.4. The Bertz CT molecular complexity index is 1280. The van der Waals surface area contributed by atoms with Gasteiger partial charge in [0.25, 0.3) is 0 Å². The number of carbonyl (C=O) groups is 1. The van der Waals surface area contributed by atoms with Crippen LogP contribution in [0.15, 0.2) is 104 Å². The number of rotatable bonds is 8. The molecule has 0 fully saturated rings. The van der Waals surface area contributed by atoms with Crippen LogP contribution in [0.25, 0.3) is 22.4 Å². The number of benzene rings is 3. The van der Waals surface area contributed by atoms with E-state index in [1.165, 1.54) is 18.2 Å². The molecule has 0 bridgehead atoms. The van der Waals surface area contributed by atoms with Crippen LogP contribution in [-0.2, 0) is 9.53 Å². The zero-order valence-corrected chi connectivity index (χ0v) is 18.4. The smallest absolute Gasteiger partial charge is 0.352 e. The average Bonchev–Trinajstić information content (AvgIpc) is 2.88. The largest absolute Gasteiger partial charge is 0.458 e. The summed E-state index contributed by atoms with van der Waals surface area (Å²) in [4.78, 5) is 17.5. The van der Waals surface area contributed by atoms with Gasteiger partial charge >= 0.3 is 5.97 Å². The molecule has 2 N–H and O–H groups in total. The van der Waals surface area contributed by atoms with Gasteiger partial charge in [0.1, 0.15) is 18.1 Å². The lowest BCUT2D eigenvalue weighted by atomic mass is 10.0. The standard InChI is InChI=1S/C28H23FN2O3/c1-2-17-33-28(32)26(21-11-7-4-8-12-21)34-27-25(30)23(19-13-15-22(29)16-14-19)18-24(31-27)20-9-5-3-6-10-20/h2-16,18,26H,1,17,30H2. The monoisotopic (exact) mass is 454 g/mol. The summed E-state index contributed by atoms with van der Waals surface area (Å²) in [7, 11) is 0. The third kappa shape index (κ3) is 5.13. The number of halogens is 1. The highest BCUT2D eigenvalue weighted by molar-refractivity contribution is 5.84. The van der Waals surface area contributed by atoms with Gasteiger partial charge in [-0.15, -0.1) is 0 Å². The maximum Gasteiger partial charge on any atom is 0.352 e. The Morgan fingerprint density at radius 1 is 0.971 bits per heavy atom. The number of nitrogens with two attached hydrogens (primary N) is 1. The highest BCUT2D eigenvalue weighted by atomic mass is 19.1. The second-order valence-electron chi connectivity index (χ2n) is 7.47. The van der Waals surface area contributed by atoms with Crippen molar-refractivity contribution in [2.75, 3.05) is 12.3 Å². The van der Waals surface area contributed by atoms with Crippen molar-refractivity contribution in [1.82, 2.24) is 4.98 Å². The Hall–Kier alpha value is -4.45. The van der Waals surface area contributed by atoms with Crippen molar-refractivity contribution in [3.63, 3.8) is 0 Å². The highest BCUT2D eigenvalue weighted by Gasteiger charge is 2.27. The summed E-state index contributed by atoms with van der Waals surface area (Å²) in [6.07, 6.45) is 0.387. The molecular weight excluding hydrogens is 431 g/mol. The third-order valence-corrected chi connectivity index (χ3v) is 5.14. The molecule has 0 saturated heterocycles. The minimum absolute atomic E-state index is 0.0410. The van der Waals surface area contributed by atoms with Gasteiger partial charge in [-0.25, -0.2) is 14.2 Å². The van der Waals surface area contributed by atoms with Crippen molar-refractivity contribution in [3.05, 3.63) is 115 Å². The van der Waals surface area contributed by atoms with E-state index in [-0.39, 0.29) is 24.0 Å². The van der Waals surface area contributed by atoms with Crippen molar-refractivity contribution < 1.29 is 18.7 Å². The Labute approximate surface area is 197 Å². The number of aromatic nitrogens is 1. The molecule has 1 heterocycles. The molecule has 4 aromatic rings. The Morgan fingerprint density at radius 3 is 2.26 bits per heavy atom. The minimum Gasteiger partial charge on any atom is -0.458 e. The maximum absolute atomic E-state index is 13.6. The molecule has 0 aliphatic heterocycles. The van der Waals surface area contributed by atoms with Gasteiger partial charge in [0.05, 0.1) is 5.69 Å². The number of esters is 1. The number of carbonyl (C=O) groups excluding carboxylic acids is 1. The molecular formula is C28H23FN2O3. The van der Waals surface area contributed by atoms with E-state index in [2.05, 4.69) is 11.6 Å². The summed E-state index contributed by atoms with van der Waals surface area (Å²) >= 11 is 0. The summed E-state index contributed by atoms with van der Waals surface area (Å²) in [5.41, 5.74) is 10.0. The first-order valence-corrected chi connectivity index (χ1v) is 10.7. The second kappa shape index (κ2) is 10.4. The summed E-state index contributed by atoms with van der Waals surface area (Å²) in [6, 6.07) is 26.3. The van der Waals surface area contributed by atoms with E-state index in [0.29, 0.717) is 22.4 Å². The molecule has 0 saturated carbocycles. The number of hydrogen-bond donors (Lipinski definition) is 1. The Balaban J connectivity index is 1.83. The molecule has 6 heteroatoms. The maximum atomic E-state index is 13.6. The van der Waals surface area contributed by atoms with Crippen molar-refractivity contribution in [1.29, 1.82) is 0 Å². The number of hydrogen-bond acceptors (Lipinski definition) is 5. The van der Waals surface area contributed by atoms with Gasteiger partial charge in [-0.3, -0.25) is 0 Å². The lowest BCUT2D eigenvalue weighted by molar-refractivity contribution is -0.151. The van der Waals surface area contributed by atoms with Gasteiger partial charge in [-0.1, -0.05) is 85.5 Å². The van der Waals surface area contributed by atoms with Crippen LogP contribution in [0.4, 0.5) is 10.1 Å². The first kappa shape index (κ1) is 22.7. The fourth-order valence-electron chi connectivity index (χ4n) is 3.45. The van der Waals surface area contributed by atoms with Crippen LogP contribution in [0, 0.1) is 5.82 Å². The van der Waals surface area contributed by atoms with Gasteiger partial charge < -0.3 is 15.2 Å². The van der Waals surface area contributed by atoms with Crippen molar-refractivity contribution in [2.45, 2.75) is 6.10 Å². The molecule has 34 heavy (non-hydrogen) atoms. The lowest BCUT2D eigenvalue weighted by Crippen LogP contribution is -2.22. The molecule has 1 aromatic heterocycles. The summed E-state index contributed by atoms with van der Waals surface area (Å²) in [6.45, 7) is 3.62. The predicted molar refractivity (Wildman–Crippen MR) is 130 cm³/mol. The van der Waals surface area contributed by atoms with E-state index >= 15 is 0 Å². The van der Waals surface area contributed by atoms with E-state index in [9.17, 15) is 9.18 Å². The first-order chi connectivity index (χ1) is 16.6. The van der Waals surface area contributed by atoms with Crippen LogP contribution in [-0.4, -0.2) is 17.6 Å². The van der Waals surface area contributed by atoms with Crippen LogP contribution < -0.4 is 10.5 Å². The van der Waals surface area contributed by atoms with E-state index in [1.807, 2.05) is 42.5 Å². The minimum atomic E-state index is -1.09. The Kier molecular flexibility index (Phi) is 6.98. The highest BCUT2D eigenvalue weighted by Crippen LogP contribution is 2.38. The van der Waals surface area contributed by atoms with Crippen molar-refractivity contribution >= 4 is 11.7 Å². The molecule has 1 unspecified atom stereocenters. The molecule has 0 aliphatic carbocycles. The van der Waals surface area contributed by atoms with Gasteiger partial charge in [0.15, 0.2) is 0 Å². The van der Waals surface area contributed by atoms with Gasteiger partial charge in [-0.05, 0) is 23.8 Å². The molecule has 3 aromatic carbocycles. The summed E-state index contributed by atoms with van der Waals surface area (Å²) in [5.74, 6) is -0.879. The SMILES string of the molecule is C=CCOC(=O)C(Oc1nc(-c2ccccc2)cc(-c2ccc(F)cc2)c1N)c1ccccc1. The van der Waals surface area contributed by atoms with E-state index in [0.717, 1.165) is 5.56 Å². The number of nitrogens with zero attached hydrogens (tertiary/aromatic N) is 1. The number of pyridine rings is 1. The van der Waals surface area contributed by atoms with E-state index in [4.69, 9.17) is 15.2 Å². The topological polar surface area (TPSA) is 74.4 Å². The average molecular weight is 455 g/mol. The molecule has 0 amide bonds. The van der Waals surface area contributed by atoms with Crippen molar-refractivity contribution in [3.8, 4) is 28.3 Å². The quantitative estimate of drug-likeness (QED) is 0.262. The van der Waals surface area contributed by atoms with Gasteiger partial charge in [0, 0.05) is 16.7 Å². The zero-order chi connectivity index (χ0) is 23.9. The van der Waals surface area contributed by atoms with E-state index in [1.54, 1.807) is 36.4 Å². The van der Waals surface area contributed by atoms with Gasteiger partial charge in [0.2, 0.25) is 12.0 Å². The predicted octanol–water partition coefficient (Wildman–Crippen LogP) is 5.99. The molecule has 0 spiro atoms. The molecule has 0 aliphatic rings. The number of ether oxygens (including phenoxy) is 2. The fraction of sp³-hybridized carbons (Fsp3) is 0.0714. The van der Waals surface area contributed by atoms with Gasteiger partial charge in [-0.2, -0.15) is 0 Å². The van der Waals surface area contributed by atoms with Crippen molar-refractivity contribution in [2.24, 2.45) is 0 Å². The third-order valence-electron chi connectivity index (χ3n) is 5.14. The van der Waals surface area contributed by atoms with Crippen LogP contribution in [0.3, 0.4) is 0 Å². The van der Waals surface area contributed by atoms with E-state index < -0.39 is 12.1 Å². The molecule has 1 atom stereocenters. The Morgan fingerprint density at radius 2 is 1.62 bits per heavy atom. The number of anilines is 1. The number of nitrogen functional groups attached to an aromatic ring is 1. The van der Waals surface area contributed by atoms with Crippen LogP contribution in [0.1, 0.15) is 11.7 Å². The van der Waals surface area contributed by atoms with Crippen LogP contribution in [0.2, 0.25) is 0 Å².